The first-order chi connectivity index (χ1) is 7.41. The largest absolute Gasteiger partial charge is 0.480 e. The van der Waals surface area contributed by atoms with E-state index in [2.05, 4.69) is 5.32 Å². The molecule has 3 amide bonds. The number of hydrogen-bond acceptors (Lipinski definition) is 4. The third-order valence-corrected chi connectivity index (χ3v) is 2.24. The van der Waals surface area contributed by atoms with Gasteiger partial charge >= 0.3 is 12.0 Å². The Labute approximate surface area is 91.0 Å². The lowest BCUT2D eigenvalue weighted by Gasteiger charge is -2.20. The third kappa shape index (κ3) is 2.83. The molecule has 0 aliphatic carbocycles. The van der Waals surface area contributed by atoms with Gasteiger partial charge in [0, 0.05) is 13.0 Å². The molecule has 0 aromatic carbocycles. The van der Waals surface area contributed by atoms with Gasteiger partial charge in [-0.2, -0.15) is 0 Å². The summed E-state index contributed by atoms with van der Waals surface area (Å²) in [6.07, 6.45) is -0.875. The second-order valence-electron chi connectivity index (χ2n) is 3.52. The van der Waals surface area contributed by atoms with E-state index in [9.17, 15) is 19.5 Å². The first-order valence-corrected chi connectivity index (χ1v) is 4.65. The van der Waals surface area contributed by atoms with Crippen LogP contribution in [0.15, 0.2) is 0 Å². The molecular weight excluding hydrogens is 218 g/mol. The SMILES string of the molecule is NC(=O)CNC(=O)N1CC(O)CC1C(=O)O. The number of urea groups is 1. The van der Waals surface area contributed by atoms with E-state index in [0.29, 0.717) is 0 Å². The highest BCUT2D eigenvalue weighted by atomic mass is 16.4. The number of nitrogens with zero attached hydrogens (tertiary/aromatic N) is 1. The highest BCUT2D eigenvalue weighted by Gasteiger charge is 2.38. The predicted octanol–water partition coefficient (Wildman–Crippen LogP) is -2.30. The molecule has 1 aliphatic heterocycles. The smallest absolute Gasteiger partial charge is 0.326 e. The van der Waals surface area contributed by atoms with E-state index in [1.54, 1.807) is 0 Å². The number of aliphatic hydroxyl groups excluding tert-OH is 1. The fourth-order valence-electron chi connectivity index (χ4n) is 1.54. The van der Waals surface area contributed by atoms with Crippen molar-refractivity contribution in [1.82, 2.24) is 10.2 Å². The quantitative estimate of drug-likeness (QED) is 0.433. The number of carboxylic acids is 1. The van der Waals surface area contributed by atoms with Crippen molar-refractivity contribution in [3.63, 3.8) is 0 Å². The van der Waals surface area contributed by atoms with E-state index in [-0.39, 0.29) is 19.5 Å². The Balaban J connectivity index is 2.59. The lowest BCUT2D eigenvalue weighted by atomic mass is 10.2. The Morgan fingerprint density at radius 1 is 1.44 bits per heavy atom. The van der Waals surface area contributed by atoms with Gasteiger partial charge in [0.2, 0.25) is 5.91 Å². The van der Waals surface area contributed by atoms with Crippen LogP contribution in [0.25, 0.3) is 0 Å². The summed E-state index contributed by atoms with van der Waals surface area (Å²) in [7, 11) is 0. The second-order valence-corrected chi connectivity index (χ2v) is 3.52. The molecule has 0 radical (unpaired) electrons. The molecule has 0 spiro atoms. The van der Waals surface area contributed by atoms with Gasteiger partial charge < -0.3 is 26.2 Å². The summed E-state index contributed by atoms with van der Waals surface area (Å²) in [4.78, 5) is 33.6. The minimum Gasteiger partial charge on any atom is -0.480 e. The maximum absolute atomic E-state index is 11.4. The Bertz CT molecular complexity index is 319. The molecule has 0 bridgehead atoms. The summed E-state index contributed by atoms with van der Waals surface area (Å²) < 4.78 is 0. The van der Waals surface area contributed by atoms with Crippen molar-refractivity contribution in [2.24, 2.45) is 5.73 Å². The molecule has 1 rings (SSSR count). The summed E-state index contributed by atoms with van der Waals surface area (Å²) in [6, 6.07) is -1.79. The van der Waals surface area contributed by atoms with Crippen LogP contribution in [0, 0.1) is 0 Å². The van der Waals surface area contributed by atoms with Crippen molar-refractivity contribution in [1.29, 1.82) is 0 Å². The van der Waals surface area contributed by atoms with Crippen LogP contribution in [0.5, 0.6) is 0 Å². The summed E-state index contributed by atoms with van der Waals surface area (Å²) in [5.74, 6) is -1.91. The molecule has 8 nitrogen and oxygen atoms in total. The minimum absolute atomic E-state index is 0.0146. The molecule has 1 aliphatic rings. The maximum Gasteiger partial charge on any atom is 0.326 e. The van der Waals surface area contributed by atoms with Gasteiger partial charge in [0.1, 0.15) is 6.04 Å². The van der Waals surface area contributed by atoms with E-state index in [1.165, 1.54) is 0 Å². The molecule has 1 heterocycles. The average Bonchev–Trinajstić information content (AvgIpc) is 2.56. The standard InChI is InChI=1S/C8H13N3O5/c9-6(13)2-10-8(16)11-3-4(12)1-5(11)7(14)15/h4-5,12H,1-3H2,(H2,9,13)(H,10,16)(H,14,15). The number of primary amides is 1. The first-order valence-electron chi connectivity index (χ1n) is 4.65. The minimum atomic E-state index is -1.19. The van der Waals surface area contributed by atoms with Crippen molar-refractivity contribution in [3.8, 4) is 0 Å². The van der Waals surface area contributed by atoms with Crippen LogP contribution in [0.2, 0.25) is 0 Å². The molecule has 8 heteroatoms. The van der Waals surface area contributed by atoms with Crippen LogP contribution in [0.3, 0.4) is 0 Å². The fraction of sp³-hybridized carbons (Fsp3) is 0.625. The summed E-state index contributed by atoms with van der Waals surface area (Å²) in [6.45, 7) is -0.431. The molecule has 0 saturated carbocycles. The number of likely N-dealkylation sites (tertiary alicyclic amines) is 1. The predicted molar refractivity (Wildman–Crippen MR) is 51.3 cm³/mol. The number of nitrogens with two attached hydrogens (primary N) is 1. The molecule has 16 heavy (non-hydrogen) atoms. The number of hydrogen-bond donors (Lipinski definition) is 4. The van der Waals surface area contributed by atoms with E-state index < -0.39 is 30.1 Å². The number of aliphatic carboxylic acids is 1. The number of β-amino-alcohol motifs (C(OH)–C–C–N with tert-alkyl or cyclic N) is 1. The molecule has 1 saturated heterocycles. The first kappa shape index (κ1) is 12.2. The molecule has 1 fully saturated rings. The normalized spacial score (nSPS) is 24.2. The van der Waals surface area contributed by atoms with Gasteiger partial charge in [0.15, 0.2) is 0 Å². The van der Waals surface area contributed by atoms with E-state index in [0.717, 1.165) is 4.90 Å². The Kier molecular flexibility index (Phi) is 3.67. The van der Waals surface area contributed by atoms with Crippen LogP contribution in [0.4, 0.5) is 4.79 Å². The van der Waals surface area contributed by atoms with Crippen LogP contribution >= 0.6 is 0 Å². The van der Waals surface area contributed by atoms with Crippen LogP contribution in [0.1, 0.15) is 6.42 Å². The molecule has 0 aromatic heterocycles. The molecule has 0 aromatic rings. The number of amides is 3. The molecule has 2 unspecified atom stereocenters. The Morgan fingerprint density at radius 3 is 2.56 bits per heavy atom. The third-order valence-electron chi connectivity index (χ3n) is 2.24. The van der Waals surface area contributed by atoms with Crippen molar-refractivity contribution in [3.05, 3.63) is 0 Å². The van der Waals surface area contributed by atoms with Crippen molar-refractivity contribution in [2.75, 3.05) is 13.1 Å². The maximum atomic E-state index is 11.4. The molecule has 5 N–H and O–H groups in total. The van der Waals surface area contributed by atoms with Gasteiger partial charge in [-0.3, -0.25) is 4.79 Å². The number of carbonyl (C=O) groups excluding carboxylic acids is 2. The van der Waals surface area contributed by atoms with Gasteiger partial charge in [0.25, 0.3) is 0 Å². The zero-order valence-corrected chi connectivity index (χ0v) is 8.42. The zero-order valence-electron chi connectivity index (χ0n) is 8.42. The number of aliphatic hydroxyl groups is 1. The van der Waals surface area contributed by atoms with Gasteiger partial charge in [-0.05, 0) is 0 Å². The molecule has 90 valence electrons. The fourth-order valence-corrected chi connectivity index (χ4v) is 1.54. The van der Waals surface area contributed by atoms with Crippen LogP contribution in [-0.4, -0.2) is 58.3 Å². The number of rotatable bonds is 3. The van der Waals surface area contributed by atoms with E-state index >= 15 is 0 Å². The van der Waals surface area contributed by atoms with Gasteiger partial charge in [-0.1, -0.05) is 0 Å². The number of carboxylic acid groups (broad SMARTS) is 1. The Hall–Kier alpha value is -1.83. The number of nitrogens with one attached hydrogen (secondary N) is 1. The van der Waals surface area contributed by atoms with Crippen LogP contribution in [-0.2, 0) is 9.59 Å². The van der Waals surface area contributed by atoms with Gasteiger partial charge in [-0.25, -0.2) is 9.59 Å². The second kappa shape index (κ2) is 4.79. The summed E-state index contributed by atoms with van der Waals surface area (Å²) in [5.41, 5.74) is 4.82. The highest BCUT2D eigenvalue weighted by Crippen LogP contribution is 2.17. The summed E-state index contributed by atoms with van der Waals surface area (Å²) >= 11 is 0. The van der Waals surface area contributed by atoms with Crippen molar-refractivity contribution >= 4 is 17.9 Å². The number of carbonyl (C=O) groups is 3. The van der Waals surface area contributed by atoms with Gasteiger partial charge in [-0.15, -0.1) is 0 Å². The lowest BCUT2D eigenvalue weighted by Crippen LogP contribution is -2.48. The van der Waals surface area contributed by atoms with Crippen LogP contribution < -0.4 is 11.1 Å². The van der Waals surface area contributed by atoms with Gasteiger partial charge in [0.05, 0.1) is 12.6 Å². The van der Waals surface area contributed by atoms with E-state index in [4.69, 9.17) is 10.8 Å². The summed E-state index contributed by atoms with van der Waals surface area (Å²) in [5, 5.41) is 20.2. The lowest BCUT2D eigenvalue weighted by molar-refractivity contribution is -0.141. The Morgan fingerprint density at radius 2 is 2.06 bits per heavy atom. The topological polar surface area (TPSA) is 133 Å². The molecule has 2 atom stereocenters. The average molecular weight is 231 g/mol. The molecular formula is C8H13N3O5. The van der Waals surface area contributed by atoms with Crippen molar-refractivity contribution < 1.29 is 24.6 Å². The van der Waals surface area contributed by atoms with Crippen molar-refractivity contribution in [2.45, 2.75) is 18.6 Å². The zero-order chi connectivity index (χ0) is 12.3. The van der Waals surface area contributed by atoms with E-state index in [1.807, 2.05) is 0 Å². The monoisotopic (exact) mass is 231 g/mol. The highest BCUT2D eigenvalue weighted by molar-refractivity contribution is 5.86.